The smallest absolute Gasteiger partial charge is 0.455 e. The van der Waals surface area contributed by atoms with Crippen LogP contribution >= 0.6 is 7.82 Å². The van der Waals surface area contributed by atoms with Crippen LogP contribution in [0.15, 0.2) is 91.0 Å². The molecule has 0 fully saturated rings. The number of ether oxygens (including phenoxy) is 2. The van der Waals surface area contributed by atoms with Crippen LogP contribution in [0.1, 0.15) is 30.5 Å². The molecule has 0 spiro atoms. The van der Waals surface area contributed by atoms with Crippen LogP contribution in [-0.4, -0.2) is 36.7 Å². The second kappa shape index (κ2) is 16.4. The van der Waals surface area contributed by atoms with Crippen molar-refractivity contribution in [3.63, 3.8) is 0 Å². The van der Waals surface area contributed by atoms with Gasteiger partial charge in [0, 0.05) is 13.8 Å². The minimum absolute atomic E-state index is 0.0178. The van der Waals surface area contributed by atoms with Crippen molar-refractivity contribution < 1.29 is 46.8 Å². The van der Waals surface area contributed by atoms with E-state index < -0.39 is 44.5 Å². The number of carbonyl (C=O) groups is 3. The van der Waals surface area contributed by atoms with Crippen LogP contribution in [0, 0.1) is 0 Å². The van der Waals surface area contributed by atoms with Gasteiger partial charge in [-0.15, -0.1) is 0 Å². The first-order valence-electron chi connectivity index (χ1n) is 12.7. The van der Waals surface area contributed by atoms with Gasteiger partial charge in [0.2, 0.25) is 6.10 Å². The summed E-state index contributed by atoms with van der Waals surface area (Å²) < 4.78 is 40.7. The van der Waals surface area contributed by atoms with Gasteiger partial charge in [-0.1, -0.05) is 91.0 Å². The quantitative estimate of drug-likeness (QED) is 0.144. The first-order valence-corrected chi connectivity index (χ1v) is 14.1. The second-order valence-corrected chi connectivity index (χ2v) is 10.3. The standard InChI is InChI=1S/C29H32NO10P/c1-22(31)39-27(28(40-23(2)32)29(33)30-35-18-24-12-6-3-7-13-24)21-38-41(34,36-19-25-14-8-4-9-15-25)37-20-26-16-10-5-11-17-26/h3-17,27-28H,18-21H2,1-2H3,(H,30,33)/t27-,28-/m1/s1. The highest BCUT2D eigenvalue weighted by atomic mass is 31.2. The molecule has 1 N–H and O–H groups in total. The van der Waals surface area contributed by atoms with Crippen LogP contribution in [0.3, 0.4) is 0 Å². The van der Waals surface area contributed by atoms with Crippen molar-refractivity contribution in [3.8, 4) is 0 Å². The molecule has 3 aromatic carbocycles. The zero-order valence-corrected chi connectivity index (χ0v) is 23.6. The predicted molar refractivity (Wildman–Crippen MR) is 147 cm³/mol. The van der Waals surface area contributed by atoms with Gasteiger partial charge in [-0.25, -0.2) is 10.0 Å². The predicted octanol–water partition coefficient (Wildman–Crippen LogP) is 4.66. The van der Waals surface area contributed by atoms with Gasteiger partial charge in [-0.2, -0.15) is 0 Å². The van der Waals surface area contributed by atoms with Crippen molar-refractivity contribution in [1.29, 1.82) is 0 Å². The molecule has 11 nitrogen and oxygen atoms in total. The maximum atomic E-state index is 13.7. The molecule has 0 bridgehead atoms. The third-order valence-electron chi connectivity index (χ3n) is 5.32. The van der Waals surface area contributed by atoms with Gasteiger partial charge < -0.3 is 9.47 Å². The molecule has 3 aromatic rings. The number of hydrogen-bond donors (Lipinski definition) is 1. The molecule has 0 saturated carbocycles. The van der Waals surface area contributed by atoms with E-state index in [-0.39, 0.29) is 19.8 Å². The Bertz CT molecular complexity index is 1240. The molecule has 0 aromatic heterocycles. The van der Waals surface area contributed by atoms with Crippen molar-refractivity contribution in [3.05, 3.63) is 108 Å². The highest BCUT2D eigenvalue weighted by Gasteiger charge is 2.38. The van der Waals surface area contributed by atoms with Crippen LogP contribution in [0.4, 0.5) is 0 Å². The number of hydrogen-bond acceptors (Lipinski definition) is 10. The van der Waals surface area contributed by atoms with Crippen molar-refractivity contribution in [2.24, 2.45) is 0 Å². The number of benzene rings is 3. The highest BCUT2D eigenvalue weighted by molar-refractivity contribution is 7.48. The highest BCUT2D eigenvalue weighted by Crippen LogP contribution is 2.51. The summed E-state index contributed by atoms with van der Waals surface area (Å²) in [7, 11) is -4.31. The summed E-state index contributed by atoms with van der Waals surface area (Å²) in [5, 5.41) is 0. The van der Waals surface area contributed by atoms with E-state index in [4.69, 9.17) is 27.9 Å². The Hall–Kier alpha value is -3.86. The molecule has 2 atom stereocenters. The monoisotopic (exact) mass is 585 g/mol. The lowest BCUT2D eigenvalue weighted by Gasteiger charge is -2.26. The third-order valence-corrected chi connectivity index (χ3v) is 6.68. The molecule has 0 saturated heterocycles. The fourth-order valence-corrected chi connectivity index (χ4v) is 4.60. The Morgan fingerprint density at radius 2 is 1.10 bits per heavy atom. The Labute approximate surface area is 238 Å². The minimum atomic E-state index is -4.31. The molecule has 41 heavy (non-hydrogen) atoms. The number of rotatable bonds is 16. The number of amides is 1. The molecule has 0 radical (unpaired) electrons. The molecule has 0 unspecified atom stereocenters. The number of esters is 2. The zero-order chi connectivity index (χ0) is 29.5. The number of phosphoric acid groups is 1. The van der Waals surface area contributed by atoms with Crippen LogP contribution in [-0.2, 0) is 66.7 Å². The summed E-state index contributed by atoms with van der Waals surface area (Å²) in [6.07, 6.45) is -3.23. The van der Waals surface area contributed by atoms with Crippen molar-refractivity contribution in [2.75, 3.05) is 6.61 Å². The van der Waals surface area contributed by atoms with E-state index in [1.165, 1.54) is 0 Å². The lowest BCUT2D eigenvalue weighted by molar-refractivity contribution is -0.177. The van der Waals surface area contributed by atoms with Gasteiger partial charge in [-0.3, -0.25) is 32.8 Å². The van der Waals surface area contributed by atoms with E-state index in [0.717, 1.165) is 19.4 Å². The van der Waals surface area contributed by atoms with Gasteiger partial charge >= 0.3 is 19.8 Å². The lowest BCUT2D eigenvalue weighted by Crippen LogP contribution is -2.48. The van der Waals surface area contributed by atoms with E-state index >= 15 is 0 Å². The van der Waals surface area contributed by atoms with Gasteiger partial charge in [0.15, 0.2) is 6.10 Å². The molecule has 12 heteroatoms. The first-order chi connectivity index (χ1) is 19.7. The molecule has 0 aliphatic rings. The summed E-state index contributed by atoms with van der Waals surface area (Å²) in [6.45, 7) is 1.28. The molecule has 0 aliphatic carbocycles. The number of nitrogens with one attached hydrogen (secondary N) is 1. The Kier molecular flexibility index (Phi) is 12.7. The van der Waals surface area contributed by atoms with Crippen LogP contribution in [0.25, 0.3) is 0 Å². The van der Waals surface area contributed by atoms with E-state index in [2.05, 4.69) is 5.48 Å². The van der Waals surface area contributed by atoms with Crippen LogP contribution < -0.4 is 5.48 Å². The van der Waals surface area contributed by atoms with E-state index in [9.17, 15) is 18.9 Å². The van der Waals surface area contributed by atoms with E-state index in [0.29, 0.717) is 11.1 Å². The van der Waals surface area contributed by atoms with Crippen molar-refractivity contribution >= 4 is 25.7 Å². The molecular formula is C29H32NO10P. The summed E-state index contributed by atoms with van der Waals surface area (Å²) in [5.74, 6) is -2.58. The Morgan fingerprint density at radius 3 is 1.54 bits per heavy atom. The number of phosphoric ester groups is 1. The summed E-state index contributed by atoms with van der Waals surface area (Å²) in [6, 6.07) is 26.8. The fourth-order valence-electron chi connectivity index (χ4n) is 3.43. The topological polar surface area (TPSA) is 136 Å². The average molecular weight is 586 g/mol. The molecule has 0 heterocycles. The SMILES string of the molecule is CC(=O)O[C@H](COP(=O)(OCc1ccccc1)OCc1ccccc1)[C@@H](OC(C)=O)C(=O)NOCc1ccccc1. The normalized spacial score (nSPS) is 12.6. The fraction of sp³-hybridized carbons (Fsp3) is 0.276. The number of hydroxylamine groups is 1. The van der Waals surface area contributed by atoms with Gasteiger partial charge in [0.1, 0.15) is 0 Å². The van der Waals surface area contributed by atoms with Crippen molar-refractivity contribution in [1.82, 2.24) is 5.48 Å². The summed E-state index contributed by atoms with van der Waals surface area (Å²) in [4.78, 5) is 41.9. The summed E-state index contributed by atoms with van der Waals surface area (Å²) >= 11 is 0. The molecule has 0 aliphatic heterocycles. The lowest BCUT2D eigenvalue weighted by atomic mass is 10.2. The third kappa shape index (κ3) is 11.6. The number of carbonyl (C=O) groups excluding carboxylic acids is 3. The summed E-state index contributed by atoms with van der Waals surface area (Å²) in [5.41, 5.74) is 4.35. The van der Waals surface area contributed by atoms with Gasteiger partial charge in [-0.05, 0) is 16.7 Å². The first kappa shape index (κ1) is 31.7. The average Bonchev–Trinajstić information content (AvgIpc) is 2.97. The molecule has 3 rings (SSSR count). The zero-order valence-electron chi connectivity index (χ0n) is 22.7. The van der Waals surface area contributed by atoms with E-state index in [1.807, 2.05) is 18.2 Å². The molecule has 1 amide bonds. The second-order valence-electron chi connectivity index (χ2n) is 8.68. The maximum absolute atomic E-state index is 13.7. The Morgan fingerprint density at radius 1 is 0.659 bits per heavy atom. The van der Waals surface area contributed by atoms with Crippen molar-refractivity contribution in [2.45, 2.75) is 45.9 Å². The molecule has 218 valence electrons. The Balaban J connectivity index is 1.73. The van der Waals surface area contributed by atoms with Gasteiger partial charge in [0.25, 0.3) is 5.91 Å². The van der Waals surface area contributed by atoms with Crippen LogP contribution in [0.5, 0.6) is 0 Å². The largest absolute Gasteiger partial charge is 0.475 e. The molecular weight excluding hydrogens is 553 g/mol. The van der Waals surface area contributed by atoms with Gasteiger partial charge in [0.05, 0.1) is 26.4 Å². The maximum Gasteiger partial charge on any atom is 0.475 e. The minimum Gasteiger partial charge on any atom is -0.455 e. The van der Waals surface area contributed by atoms with Crippen LogP contribution in [0.2, 0.25) is 0 Å². The van der Waals surface area contributed by atoms with E-state index in [1.54, 1.807) is 72.8 Å².